The summed E-state index contributed by atoms with van der Waals surface area (Å²) in [4.78, 5) is 0. The van der Waals surface area contributed by atoms with Gasteiger partial charge in [-0.15, -0.1) is 0 Å². The number of hydrogen-bond donors (Lipinski definition) is 0. The molecule has 0 aliphatic carbocycles. The summed E-state index contributed by atoms with van der Waals surface area (Å²) in [5.41, 5.74) is 0. The normalized spacial score (nSPS) is 14.3. The Balaban J connectivity index is 4.27. The molecule has 0 aliphatic heterocycles. The maximum atomic E-state index is 12.8. The fourth-order valence-electron chi connectivity index (χ4n) is 1.37. The molecule has 114 valence electrons. The predicted molar refractivity (Wildman–Crippen MR) is 58.5 cm³/mol. The Bertz CT molecular complexity index is 278. The molecule has 0 fully saturated rings. The van der Waals surface area contributed by atoms with Crippen molar-refractivity contribution in [2.75, 3.05) is 0 Å². The molecule has 0 amide bonds. The minimum Gasteiger partial charge on any atom is -0.199 e. The highest BCUT2D eigenvalue weighted by Gasteiger charge is 2.72. The fraction of sp³-hybridized carbons (Fsp3) is 0.833. The summed E-state index contributed by atoms with van der Waals surface area (Å²) in [5.74, 6) is -11.1. The van der Waals surface area contributed by atoms with Gasteiger partial charge in [-0.1, -0.05) is 38.3 Å². The number of halogens is 7. The lowest BCUT2D eigenvalue weighted by Gasteiger charge is -2.27. The van der Waals surface area contributed by atoms with E-state index in [1.807, 2.05) is 6.92 Å². The monoisotopic (exact) mass is 294 g/mol. The van der Waals surface area contributed by atoms with E-state index in [0.29, 0.717) is 18.9 Å². The minimum atomic E-state index is -6.24. The van der Waals surface area contributed by atoms with Gasteiger partial charge in [-0.2, -0.15) is 30.7 Å². The predicted octanol–water partition coefficient (Wildman–Crippen LogP) is 5.74. The van der Waals surface area contributed by atoms with Crippen LogP contribution in [0.15, 0.2) is 12.2 Å². The van der Waals surface area contributed by atoms with Crippen LogP contribution >= 0.6 is 0 Å². The molecule has 0 aromatic carbocycles. The van der Waals surface area contributed by atoms with Gasteiger partial charge in [0, 0.05) is 6.42 Å². The first-order valence-electron chi connectivity index (χ1n) is 6.03. The van der Waals surface area contributed by atoms with Gasteiger partial charge in [0.05, 0.1) is 0 Å². The lowest BCUT2D eigenvalue weighted by molar-refractivity contribution is -0.353. The number of allylic oxidation sites excluding steroid dienone is 2. The molecule has 0 aromatic rings. The second kappa shape index (κ2) is 7.14. The van der Waals surface area contributed by atoms with E-state index in [0.717, 1.165) is 19.3 Å². The van der Waals surface area contributed by atoms with Gasteiger partial charge in [0.2, 0.25) is 0 Å². The number of rotatable bonds is 8. The summed E-state index contributed by atoms with van der Waals surface area (Å²) in [6, 6.07) is 0. The van der Waals surface area contributed by atoms with Crippen LogP contribution in [0.4, 0.5) is 30.7 Å². The molecule has 0 nitrogen and oxygen atoms in total. The van der Waals surface area contributed by atoms with Crippen molar-refractivity contribution in [3.63, 3.8) is 0 Å². The molecular weight excluding hydrogens is 277 g/mol. The van der Waals surface area contributed by atoms with E-state index in [-0.39, 0.29) is 0 Å². The summed E-state index contributed by atoms with van der Waals surface area (Å²) in [7, 11) is 0. The molecule has 0 bridgehead atoms. The van der Waals surface area contributed by atoms with Gasteiger partial charge >= 0.3 is 18.0 Å². The average molecular weight is 294 g/mol. The number of unbranched alkanes of at least 4 members (excludes halogenated alkanes) is 4. The van der Waals surface area contributed by atoms with Crippen LogP contribution < -0.4 is 0 Å². The van der Waals surface area contributed by atoms with Crippen LogP contribution in [0.3, 0.4) is 0 Å². The first kappa shape index (κ1) is 18.2. The van der Waals surface area contributed by atoms with Crippen LogP contribution in [0.1, 0.15) is 45.4 Å². The van der Waals surface area contributed by atoms with Gasteiger partial charge in [0.15, 0.2) is 0 Å². The summed E-state index contributed by atoms with van der Waals surface area (Å²) >= 11 is 0. The Morgan fingerprint density at radius 2 is 1.37 bits per heavy atom. The van der Waals surface area contributed by atoms with Crippen LogP contribution in [0, 0.1) is 0 Å². The van der Waals surface area contributed by atoms with Crippen LogP contribution in [0.2, 0.25) is 0 Å². The zero-order valence-electron chi connectivity index (χ0n) is 10.5. The van der Waals surface area contributed by atoms with E-state index in [4.69, 9.17) is 0 Å². The van der Waals surface area contributed by atoms with Gasteiger partial charge in [0.25, 0.3) is 0 Å². The SMILES string of the molecule is CCCCCCC=CCC(F)(F)C(F)(F)C(F)(F)F. The molecule has 0 aromatic heterocycles. The molecule has 0 aliphatic rings. The Labute approximate surface area is 107 Å². The molecule has 0 saturated carbocycles. The highest BCUT2D eigenvalue weighted by Crippen LogP contribution is 2.48. The minimum absolute atomic E-state index is 0.396. The Morgan fingerprint density at radius 3 is 1.84 bits per heavy atom. The van der Waals surface area contributed by atoms with Crippen molar-refractivity contribution in [2.45, 2.75) is 63.5 Å². The molecule has 0 spiro atoms. The molecule has 0 radical (unpaired) electrons. The van der Waals surface area contributed by atoms with Crippen LogP contribution in [0.5, 0.6) is 0 Å². The van der Waals surface area contributed by atoms with Gasteiger partial charge in [0.1, 0.15) is 0 Å². The van der Waals surface area contributed by atoms with E-state index in [1.165, 1.54) is 6.08 Å². The molecular formula is C12H17F7. The third-order valence-electron chi connectivity index (χ3n) is 2.58. The second-order valence-electron chi connectivity index (χ2n) is 4.30. The smallest absolute Gasteiger partial charge is 0.199 e. The standard InChI is InChI=1S/C12H17F7/c1-2-3-4-5-6-7-8-9-10(13,14)11(15,16)12(17,18)19/h7-8H,2-6,9H2,1H3. The molecule has 0 rings (SSSR count). The van der Waals surface area contributed by atoms with Crippen LogP contribution in [-0.4, -0.2) is 18.0 Å². The van der Waals surface area contributed by atoms with Crippen molar-refractivity contribution in [3.8, 4) is 0 Å². The van der Waals surface area contributed by atoms with E-state index < -0.39 is 24.4 Å². The molecule has 0 atom stereocenters. The molecule has 0 heterocycles. The van der Waals surface area contributed by atoms with Crippen LogP contribution in [-0.2, 0) is 0 Å². The largest absolute Gasteiger partial charge is 0.459 e. The van der Waals surface area contributed by atoms with Crippen molar-refractivity contribution in [1.82, 2.24) is 0 Å². The Hall–Kier alpha value is -0.750. The zero-order chi connectivity index (χ0) is 15.2. The molecule has 19 heavy (non-hydrogen) atoms. The summed E-state index contributed by atoms with van der Waals surface area (Å²) in [6.45, 7) is 1.98. The second-order valence-corrected chi connectivity index (χ2v) is 4.30. The Kier molecular flexibility index (Phi) is 6.86. The fourth-order valence-corrected chi connectivity index (χ4v) is 1.37. The third-order valence-corrected chi connectivity index (χ3v) is 2.58. The average Bonchev–Trinajstić information content (AvgIpc) is 2.26. The van der Waals surface area contributed by atoms with E-state index in [1.54, 1.807) is 0 Å². The third kappa shape index (κ3) is 5.40. The van der Waals surface area contributed by atoms with E-state index in [9.17, 15) is 30.7 Å². The maximum Gasteiger partial charge on any atom is 0.459 e. The first-order chi connectivity index (χ1) is 8.56. The van der Waals surface area contributed by atoms with E-state index >= 15 is 0 Å². The zero-order valence-corrected chi connectivity index (χ0v) is 10.5. The molecule has 7 heteroatoms. The lowest BCUT2D eigenvalue weighted by atomic mass is 10.1. The molecule has 0 saturated heterocycles. The summed E-state index contributed by atoms with van der Waals surface area (Å²) in [5, 5.41) is 0. The number of alkyl halides is 7. The highest BCUT2D eigenvalue weighted by molar-refractivity contribution is 4.97. The van der Waals surface area contributed by atoms with Gasteiger partial charge < -0.3 is 0 Å². The van der Waals surface area contributed by atoms with Crippen molar-refractivity contribution in [2.24, 2.45) is 0 Å². The molecule has 0 unspecified atom stereocenters. The lowest BCUT2D eigenvalue weighted by Crippen LogP contribution is -2.51. The number of hydrogen-bond acceptors (Lipinski definition) is 0. The van der Waals surface area contributed by atoms with E-state index in [2.05, 4.69) is 0 Å². The summed E-state index contributed by atoms with van der Waals surface area (Å²) in [6.07, 6.45) is -2.04. The first-order valence-corrected chi connectivity index (χ1v) is 6.03. The van der Waals surface area contributed by atoms with Gasteiger partial charge in [-0.3, -0.25) is 0 Å². The topological polar surface area (TPSA) is 0 Å². The summed E-state index contributed by atoms with van der Waals surface area (Å²) < 4.78 is 85.9. The van der Waals surface area contributed by atoms with Crippen LogP contribution in [0.25, 0.3) is 0 Å². The van der Waals surface area contributed by atoms with Gasteiger partial charge in [-0.25, -0.2) is 0 Å². The van der Waals surface area contributed by atoms with Gasteiger partial charge in [-0.05, 0) is 12.8 Å². The molecule has 0 N–H and O–H groups in total. The Morgan fingerprint density at radius 1 is 0.789 bits per heavy atom. The maximum absolute atomic E-state index is 12.8. The van der Waals surface area contributed by atoms with Crippen molar-refractivity contribution in [3.05, 3.63) is 12.2 Å². The highest BCUT2D eigenvalue weighted by atomic mass is 19.4. The van der Waals surface area contributed by atoms with Crippen molar-refractivity contribution >= 4 is 0 Å². The van der Waals surface area contributed by atoms with Crippen molar-refractivity contribution in [1.29, 1.82) is 0 Å². The van der Waals surface area contributed by atoms with Crippen molar-refractivity contribution < 1.29 is 30.7 Å². The quantitative estimate of drug-likeness (QED) is 0.304.